The zero-order chi connectivity index (χ0) is 17.3. The van der Waals surface area contributed by atoms with Gasteiger partial charge in [0, 0.05) is 30.4 Å². The van der Waals surface area contributed by atoms with Crippen molar-refractivity contribution in [2.24, 2.45) is 0 Å². The van der Waals surface area contributed by atoms with Gasteiger partial charge in [-0.05, 0) is 18.9 Å². The fourth-order valence-electron chi connectivity index (χ4n) is 3.03. The molecule has 7 nitrogen and oxygen atoms in total. The molecule has 0 bridgehead atoms. The highest BCUT2D eigenvalue weighted by atomic mass is 16.1. The molecule has 0 aromatic carbocycles. The fourth-order valence-corrected chi connectivity index (χ4v) is 3.03. The van der Waals surface area contributed by atoms with Crippen molar-refractivity contribution in [1.82, 2.24) is 19.7 Å². The summed E-state index contributed by atoms with van der Waals surface area (Å²) in [6.07, 6.45) is 4.98. The molecule has 0 aliphatic carbocycles. The van der Waals surface area contributed by atoms with Crippen LogP contribution in [0.15, 0.2) is 34.1 Å². The normalized spacial score (nSPS) is 18.1. The van der Waals surface area contributed by atoms with Gasteiger partial charge < -0.3 is 9.88 Å². The lowest BCUT2D eigenvalue weighted by molar-refractivity contribution is 0.456. The van der Waals surface area contributed by atoms with Crippen LogP contribution in [0.4, 0.5) is 5.82 Å². The molecule has 3 rings (SSSR count). The van der Waals surface area contributed by atoms with Crippen molar-refractivity contribution in [2.45, 2.75) is 51.6 Å². The summed E-state index contributed by atoms with van der Waals surface area (Å²) >= 11 is 0. The van der Waals surface area contributed by atoms with Crippen molar-refractivity contribution >= 4 is 5.82 Å². The third-order valence-corrected chi connectivity index (χ3v) is 4.36. The second kappa shape index (κ2) is 6.22. The first kappa shape index (κ1) is 16.4. The van der Waals surface area contributed by atoms with Gasteiger partial charge in [0.15, 0.2) is 5.82 Å². The molecule has 1 atom stereocenters. The number of aromatic nitrogens is 4. The number of aromatic amines is 1. The molecule has 0 spiro atoms. The third kappa shape index (κ3) is 3.25. The van der Waals surface area contributed by atoms with Crippen LogP contribution in [-0.2, 0) is 12.0 Å². The van der Waals surface area contributed by atoms with Gasteiger partial charge in [-0.15, -0.1) is 0 Å². The van der Waals surface area contributed by atoms with Crippen LogP contribution in [0.5, 0.6) is 0 Å². The lowest BCUT2D eigenvalue weighted by Crippen LogP contribution is -2.40. The third-order valence-electron chi connectivity index (χ3n) is 4.36. The minimum Gasteiger partial charge on any atom is -0.347 e. The SMILES string of the molecule is CC(C)(C)c1ccc(=O)n(CC2CCCN2c2ncc[nH]c2=O)n1. The molecule has 0 saturated carbocycles. The van der Waals surface area contributed by atoms with E-state index in [2.05, 4.69) is 35.8 Å². The average molecular weight is 329 g/mol. The monoisotopic (exact) mass is 329 g/mol. The summed E-state index contributed by atoms with van der Waals surface area (Å²) in [6.45, 7) is 7.43. The lowest BCUT2D eigenvalue weighted by atomic mass is 9.92. The van der Waals surface area contributed by atoms with Crippen LogP contribution in [-0.4, -0.2) is 32.3 Å². The highest BCUT2D eigenvalue weighted by Gasteiger charge is 2.28. The van der Waals surface area contributed by atoms with Gasteiger partial charge in [-0.1, -0.05) is 20.8 Å². The molecular weight excluding hydrogens is 306 g/mol. The molecule has 1 fully saturated rings. The molecule has 1 aliphatic heterocycles. The summed E-state index contributed by atoms with van der Waals surface area (Å²) in [4.78, 5) is 33.1. The van der Waals surface area contributed by atoms with Crippen molar-refractivity contribution in [1.29, 1.82) is 0 Å². The van der Waals surface area contributed by atoms with Crippen LogP contribution >= 0.6 is 0 Å². The Morgan fingerprint density at radius 3 is 2.79 bits per heavy atom. The predicted octanol–water partition coefficient (Wildman–Crippen LogP) is 1.29. The minimum atomic E-state index is -0.201. The minimum absolute atomic E-state index is 0.0430. The van der Waals surface area contributed by atoms with Gasteiger partial charge in [0.05, 0.1) is 18.3 Å². The zero-order valence-electron chi connectivity index (χ0n) is 14.3. The van der Waals surface area contributed by atoms with Crippen molar-refractivity contribution in [3.8, 4) is 0 Å². The van der Waals surface area contributed by atoms with Crippen LogP contribution in [0.25, 0.3) is 0 Å². The number of rotatable bonds is 3. The first-order chi connectivity index (χ1) is 11.4. The van der Waals surface area contributed by atoms with Crippen LogP contribution in [0.2, 0.25) is 0 Å². The molecule has 1 N–H and O–H groups in total. The van der Waals surface area contributed by atoms with Crippen molar-refractivity contribution in [3.05, 3.63) is 50.9 Å². The molecule has 2 aromatic heterocycles. The van der Waals surface area contributed by atoms with E-state index in [1.165, 1.54) is 10.9 Å². The molecule has 0 amide bonds. The van der Waals surface area contributed by atoms with Gasteiger partial charge in [-0.3, -0.25) is 9.59 Å². The number of nitrogens with zero attached hydrogens (tertiary/aromatic N) is 4. The van der Waals surface area contributed by atoms with E-state index in [4.69, 9.17) is 0 Å². The molecule has 3 heterocycles. The van der Waals surface area contributed by atoms with Crippen LogP contribution in [0.3, 0.4) is 0 Å². The molecule has 1 saturated heterocycles. The van der Waals surface area contributed by atoms with E-state index in [1.54, 1.807) is 18.3 Å². The van der Waals surface area contributed by atoms with Crippen LogP contribution in [0, 0.1) is 0 Å². The fraction of sp³-hybridized carbons (Fsp3) is 0.529. The van der Waals surface area contributed by atoms with Crippen molar-refractivity contribution in [3.63, 3.8) is 0 Å². The maximum atomic E-state index is 12.2. The number of hydrogen-bond donors (Lipinski definition) is 1. The predicted molar refractivity (Wildman–Crippen MR) is 92.4 cm³/mol. The zero-order valence-corrected chi connectivity index (χ0v) is 14.3. The van der Waals surface area contributed by atoms with Crippen molar-refractivity contribution < 1.29 is 0 Å². The number of hydrogen-bond acceptors (Lipinski definition) is 5. The summed E-state index contributed by atoms with van der Waals surface area (Å²) in [6, 6.07) is 3.40. The van der Waals surface area contributed by atoms with Gasteiger partial charge in [-0.25, -0.2) is 9.67 Å². The number of nitrogens with one attached hydrogen (secondary N) is 1. The second-order valence-corrected chi connectivity index (χ2v) is 7.22. The highest BCUT2D eigenvalue weighted by molar-refractivity contribution is 5.38. The Balaban J connectivity index is 1.89. The Hall–Kier alpha value is -2.44. The molecule has 0 radical (unpaired) electrons. The van der Waals surface area contributed by atoms with E-state index < -0.39 is 0 Å². The van der Waals surface area contributed by atoms with Crippen LogP contribution in [0.1, 0.15) is 39.3 Å². The quantitative estimate of drug-likeness (QED) is 0.917. The Morgan fingerprint density at radius 2 is 2.08 bits per heavy atom. The maximum Gasteiger partial charge on any atom is 0.290 e. The van der Waals surface area contributed by atoms with Gasteiger partial charge in [-0.2, -0.15) is 5.10 Å². The Morgan fingerprint density at radius 1 is 1.29 bits per heavy atom. The first-order valence-electron chi connectivity index (χ1n) is 8.25. The smallest absolute Gasteiger partial charge is 0.290 e. The largest absolute Gasteiger partial charge is 0.347 e. The maximum absolute atomic E-state index is 12.2. The standard InChI is InChI=1S/C17H23N5O2/c1-17(2,3)13-6-7-14(23)22(20-13)11-12-5-4-10-21(12)15-16(24)19-9-8-18-15/h6-9,12H,4-5,10-11H2,1-3H3,(H,19,24). The van der Waals surface area contributed by atoms with E-state index in [9.17, 15) is 9.59 Å². The summed E-state index contributed by atoms with van der Waals surface area (Å²) in [7, 11) is 0. The molecule has 1 unspecified atom stereocenters. The lowest BCUT2D eigenvalue weighted by Gasteiger charge is -2.25. The second-order valence-electron chi connectivity index (χ2n) is 7.22. The van der Waals surface area contributed by atoms with Crippen LogP contribution < -0.4 is 16.0 Å². The Labute approximate surface area is 140 Å². The Bertz CT molecular complexity index is 834. The van der Waals surface area contributed by atoms with Gasteiger partial charge in [0.25, 0.3) is 11.1 Å². The highest BCUT2D eigenvalue weighted by Crippen LogP contribution is 2.22. The average Bonchev–Trinajstić information content (AvgIpc) is 2.97. The van der Waals surface area contributed by atoms with Crippen molar-refractivity contribution in [2.75, 3.05) is 11.4 Å². The molecule has 2 aromatic rings. The van der Waals surface area contributed by atoms with E-state index in [1.807, 2.05) is 4.90 Å². The van der Waals surface area contributed by atoms with Gasteiger partial charge >= 0.3 is 0 Å². The number of H-pyrrole nitrogens is 1. The first-order valence-corrected chi connectivity index (χ1v) is 8.25. The molecule has 7 heteroatoms. The molecular formula is C17H23N5O2. The van der Waals surface area contributed by atoms with E-state index >= 15 is 0 Å². The Kier molecular flexibility index (Phi) is 4.26. The van der Waals surface area contributed by atoms with Gasteiger partial charge in [0.1, 0.15) is 0 Å². The molecule has 1 aliphatic rings. The number of anilines is 1. The summed E-state index contributed by atoms with van der Waals surface area (Å²) < 4.78 is 1.51. The summed E-state index contributed by atoms with van der Waals surface area (Å²) in [5, 5.41) is 4.53. The van der Waals surface area contributed by atoms with Gasteiger partial charge in [0.2, 0.25) is 0 Å². The van der Waals surface area contributed by atoms with E-state index in [0.29, 0.717) is 12.4 Å². The molecule has 128 valence electrons. The molecule has 24 heavy (non-hydrogen) atoms. The summed E-state index contributed by atoms with van der Waals surface area (Å²) in [5.41, 5.74) is 0.434. The summed E-state index contributed by atoms with van der Waals surface area (Å²) in [5.74, 6) is 0.417. The topological polar surface area (TPSA) is 83.9 Å². The van der Waals surface area contributed by atoms with E-state index in [-0.39, 0.29) is 22.6 Å². The van der Waals surface area contributed by atoms with E-state index in [0.717, 1.165) is 25.1 Å².